The molecule has 1 heterocycles. The van der Waals surface area contributed by atoms with Crippen molar-refractivity contribution in [3.63, 3.8) is 0 Å². The number of rotatable bonds is 8. The van der Waals surface area contributed by atoms with Gasteiger partial charge in [-0.25, -0.2) is 9.37 Å². The number of oxazole rings is 1. The second-order valence-corrected chi connectivity index (χ2v) is 6.83. The smallest absolute Gasteiger partial charge is 0.252 e. The van der Waals surface area contributed by atoms with Gasteiger partial charge in [0.25, 0.3) is 5.91 Å². The average molecular weight is 432 g/mol. The van der Waals surface area contributed by atoms with Crippen LogP contribution in [0.2, 0.25) is 0 Å². The Bertz CT molecular complexity index is 1200. The summed E-state index contributed by atoms with van der Waals surface area (Å²) in [6, 6.07) is 20.4. The summed E-state index contributed by atoms with van der Waals surface area (Å²) >= 11 is 0. The number of halogens is 1. The Balaban J connectivity index is 1.42. The Hall–Kier alpha value is -4.13. The van der Waals surface area contributed by atoms with Crippen molar-refractivity contribution in [3.05, 3.63) is 90.4 Å². The predicted molar refractivity (Wildman–Crippen MR) is 118 cm³/mol. The third-order valence-corrected chi connectivity index (χ3v) is 4.76. The fourth-order valence-corrected chi connectivity index (χ4v) is 3.15. The van der Waals surface area contributed by atoms with Crippen LogP contribution in [0.5, 0.6) is 11.5 Å². The van der Waals surface area contributed by atoms with Gasteiger partial charge in [0, 0.05) is 5.56 Å². The third-order valence-electron chi connectivity index (χ3n) is 4.76. The maximum atomic E-state index is 14.1. The maximum Gasteiger partial charge on any atom is 0.252 e. The molecule has 1 aromatic heterocycles. The number of carbonyl (C=O) groups excluding carboxylic acids is 1. The van der Waals surface area contributed by atoms with E-state index in [2.05, 4.69) is 10.3 Å². The summed E-state index contributed by atoms with van der Waals surface area (Å²) in [5.41, 5.74) is 1.23. The highest BCUT2D eigenvalue weighted by Crippen LogP contribution is 2.29. The SMILES string of the molecule is COc1ccc(OCCNC(=O)c2ccccc2-c2ncc(-c3ccccc3F)o2)cc1. The quantitative estimate of drug-likeness (QED) is 0.398. The summed E-state index contributed by atoms with van der Waals surface area (Å²) in [5, 5.41) is 2.83. The second-order valence-electron chi connectivity index (χ2n) is 6.83. The van der Waals surface area contributed by atoms with Crippen molar-refractivity contribution in [2.75, 3.05) is 20.3 Å². The van der Waals surface area contributed by atoms with Gasteiger partial charge in [-0.05, 0) is 48.5 Å². The molecule has 0 saturated heterocycles. The van der Waals surface area contributed by atoms with Gasteiger partial charge in [-0.15, -0.1) is 0 Å². The fraction of sp³-hybridized carbons (Fsp3) is 0.120. The van der Waals surface area contributed by atoms with Gasteiger partial charge in [-0.1, -0.05) is 24.3 Å². The number of hydrogen-bond acceptors (Lipinski definition) is 5. The standard InChI is InChI=1S/C25H21FN2O4/c1-30-17-10-12-18(13-11-17)31-15-14-27-24(29)19-6-2-3-7-20(19)25-28-16-23(32-25)21-8-4-5-9-22(21)26/h2-13,16H,14-15H2,1H3,(H,27,29). The lowest BCUT2D eigenvalue weighted by atomic mass is 10.1. The Morgan fingerprint density at radius 2 is 1.66 bits per heavy atom. The average Bonchev–Trinajstić information content (AvgIpc) is 3.32. The van der Waals surface area contributed by atoms with Gasteiger partial charge in [0.1, 0.15) is 23.9 Å². The molecule has 0 aliphatic rings. The second kappa shape index (κ2) is 9.78. The van der Waals surface area contributed by atoms with E-state index in [4.69, 9.17) is 13.9 Å². The third kappa shape index (κ3) is 4.78. The molecule has 0 spiro atoms. The zero-order valence-corrected chi connectivity index (χ0v) is 17.4. The zero-order valence-electron chi connectivity index (χ0n) is 17.4. The molecule has 7 heteroatoms. The van der Waals surface area contributed by atoms with Crippen LogP contribution in [0, 0.1) is 5.82 Å². The van der Waals surface area contributed by atoms with E-state index < -0.39 is 5.82 Å². The summed E-state index contributed by atoms with van der Waals surface area (Å²) < 4.78 is 30.6. The Morgan fingerprint density at radius 1 is 0.969 bits per heavy atom. The molecule has 0 unspecified atom stereocenters. The lowest BCUT2D eigenvalue weighted by Crippen LogP contribution is -2.28. The van der Waals surface area contributed by atoms with E-state index in [0.717, 1.165) is 5.75 Å². The van der Waals surface area contributed by atoms with Crippen LogP contribution in [0.15, 0.2) is 83.4 Å². The largest absolute Gasteiger partial charge is 0.497 e. The van der Waals surface area contributed by atoms with E-state index in [1.54, 1.807) is 73.8 Å². The lowest BCUT2D eigenvalue weighted by molar-refractivity contribution is 0.0947. The van der Waals surface area contributed by atoms with Gasteiger partial charge in [-0.3, -0.25) is 4.79 Å². The van der Waals surface area contributed by atoms with Crippen LogP contribution in [0.1, 0.15) is 10.4 Å². The number of amides is 1. The van der Waals surface area contributed by atoms with Gasteiger partial charge in [0.05, 0.1) is 31.0 Å². The van der Waals surface area contributed by atoms with Crippen molar-refractivity contribution in [1.82, 2.24) is 10.3 Å². The first-order chi connectivity index (χ1) is 15.7. The van der Waals surface area contributed by atoms with Crippen LogP contribution in [0.3, 0.4) is 0 Å². The summed E-state index contributed by atoms with van der Waals surface area (Å²) in [5.74, 6) is 1.26. The monoisotopic (exact) mass is 432 g/mol. The molecular weight excluding hydrogens is 411 g/mol. The number of nitrogens with zero attached hydrogens (tertiary/aromatic N) is 1. The molecule has 1 N–H and O–H groups in total. The van der Waals surface area contributed by atoms with Crippen LogP contribution in [0.4, 0.5) is 4.39 Å². The minimum atomic E-state index is -0.405. The van der Waals surface area contributed by atoms with Gasteiger partial charge in [0.15, 0.2) is 5.76 Å². The molecule has 6 nitrogen and oxygen atoms in total. The van der Waals surface area contributed by atoms with Gasteiger partial charge >= 0.3 is 0 Å². The highest BCUT2D eigenvalue weighted by atomic mass is 19.1. The Labute approximate surface area is 184 Å². The first kappa shape index (κ1) is 21.1. The lowest BCUT2D eigenvalue weighted by Gasteiger charge is -2.10. The van der Waals surface area contributed by atoms with E-state index in [0.29, 0.717) is 41.4 Å². The summed E-state index contributed by atoms with van der Waals surface area (Å²) in [7, 11) is 1.60. The van der Waals surface area contributed by atoms with Gasteiger partial charge in [-0.2, -0.15) is 0 Å². The van der Waals surface area contributed by atoms with Crippen molar-refractivity contribution in [2.45, 2.75) is 0 Å². The van der Waals surface area contributed by atoms with Crippen LogP contribution in [-0.2, 0) is 0 Å². The molecule has 3 aromatic carbocycles. The number of nitrogens with one attached hydrogen (secondary N) is 1. The number of methoxy groups -OCH3 is 1. The molecule has 0 fully saturated rings. The van der Waals surface area contributed by atoms with Crippen molar-refractivity contribution < 1.29 is 23.1 Å². The highest BCUT2D eigenvalue weighted by molar-refractivity contribution is 6.00. The van der Waals surface area contributed by atoms with Crippen LogP contribution >= 0.6 is 0 Å². The molecule has 4 aromatic rings. The zero-order chi connectivity index (χ0) is 22.3. The Morgan fingerprint density at radius 3 is 2.41 bits per heavy atom. The molecular formula is C25H21FN2O4. The molecule has 0 aliphatic carbocycles. The molecule has 162 valence electrons. The van der Waals surface area contributed by atoms with E-state index in [-0.39, 0.29) is 11.8 Å². The van der Waals surface area contributed by atoms with Crippen LogP contribution in [0.25, 0.3) is 22.8 Å². The highest BCUT2D eigenvalue weighted by Gasteiger charge is 2.17. The van der Waals surface area contributed by atoms with Crippen LogP contribution < -0.4 is 14.8 Å². The summed E-state index contributed by atoms with van der Waals surface area (Å²) in [6.45, 7) is 0.613. The number of carbonyl (C=O) groups is 1. The topological polar surface area (TPSA) is 73.6 Å². The summed E-state index contributed by atoms with van der Waals surface area (Å²) in [6.07, 6.45) is 1.45. The maximum absolute atomic E-state index is 14.1. The molecule has 0 saturated carbocycles. The van der Waals surface area contributed by atoms with E-state index in [1.807, 2.05) is 0 Å². The van der Waals surface area contributed by atoms with E-state index in [1.165, 1.54) is 12.3 Å². The van der Waals surface area contributed by atoms with Crippen molar-refractivity contribution in [1.29, 1.82) is 0 Å². The molecule has 0 aliphatic heterocycles. The minimum absolute atomic E-state index is 0.239. The van der Waals surface area contributed by atoms with Crippen molar-refractivity contribution >= 4 is 5.91 Å². The van der Waals surface area contributed by atoms with Crippen molar-refractivity contribution in [2.24, 2.45) is 0 Å². The van der Waals surface area contributed by atoms with E-state index >= 15 is 0 Å². The number of ether oxygens (including phenoxy) is 2. The fourth-order valence-electron chi connectivity index (χ4n) is 3.15. The first-order valence-electron chi connectivity index (χ1n) is 10.0. The van der Waals surface area contributed by atoms with Crippen LogP contribution in [-0.4, -0.2) is 31.2 Å². The molecule has 1 amide bonds. The summed E-state index contributed by atoms with van der Waals surface area (Å²) in [4.78, 5) is 17.0. The predicted octanol–water partition coefficient (Wildman–Crippen LogP) is 4.97. The normalized spacial score (nSPS) is 10.6. The number of benzene rings is 3. The van der Waals surface area contributed by atoms with Gasteiger partial charge in [0.2, 0.25) is 5.89 Å². The minimum Gasteiger partial charge on any atom is -0.497 e. The molecule has 0 atom stereocenters. The Kier molecular flexibility index (Phi) is 6.46. The number of aromatic nitrogens is 1. The molecule has 4 rings (SSSR count). The number of hydrogen-bond donors (Lipinski definition) is 1. The first-order valence-corrected chi connectivity index (χ1v) is 10.0. The molecule has 0 bridgehead atoms. The van der Waals surface area contributed by atoms with Gasteiger partial charge < -0.3 is 19.2 Å². The molecule has 32 heavy (non-hydrogen) atoms. The van der Waals surface area contributed by atoms with Crippen molar-refractivity contribution in [3.8, 4) is 34.3 Å². The molecule has 0 radical (unpaired) electrons. The van der Waals surface area contributed by atoms with E-state index in [9.17, 15) is 9.18 Å².